The Bertz CT molecular complexity index is 607. The first-order chi connectivity index (χ1) is 9.19. The number of halogens is 2. The van der Waals surface area contributed by atoms with Crippen molar-refractivity contribution in [1.82, 2.24) is 10.3 Å². The summed E-state index contributed by atoms with van der Waals surface area (Å²) in [5, 5.41) is 5.05. The zero-order valence-corrected chi connectivity index (χ0v) is 13.7. The molecule has 1 aromatic carbocycles. The lowest BCUT2D eigenvalue weighted by atomic mass is 10.2. The maximum absolute atomic E-state index is 6.04. The number of hydrogen-bond acceptors (Lipinski definition) is 3. The second-order valence-corrected chi connectivity index (χ2v) is 7.11. The number of hydrogen-bond donors (Lipinski definition) is 1. The van der Waals surface area contributed by atoms with Crippen LogP contribution in [0.2, 0.25) is 5.02 Å². The summed E-state index contributed by atoms with van der Waals surface area (Å²) in [5.41, 5.74) is 2.42. The van der Waals surface area contributed by atoms with Crippen molar-refractivity contribution in [3.05, 3.63) is 38.3 Å². The van der Waals surface area contributed by atoms with Gasteiger partial charge in [-0.25, -0.2) is 4.98 Å². The van der Waals surface area contributed by atoms with Crippen molar-refractivity contribution in [2.45, 2.75) is 25.3 Å². The van der Waals surface area contributed by atoms with Gasteiger partial charge in [-0.3, -0.25) is 0 Å². The summed E-state index contributed by atoms with van der Waals surface area (Å²) < 4.78 is 0.921. The summed E-state index contributed by atoms with van der Waals surface area (Å²) in [6.07, 6.45) is 2.56. The lowest BCUT2D eigenvalue weighted by molar-refractivity contribution is 0.813. The normalized spacial score (nSPS) is 14.9. The molecule has 1 N–H and O–H groups in total. The van der Waals surface area contributed by atoms with E-state index in [4.69, 9.17) is 16.6 Å². The van der Waals surface area contributed by atoms with Crippen LogP contribution >= 0.6 is 38.9 Å². The zero-order chi connectivity index (χ0) is 13.4. The van der Waals surface area contributed by atoms with Crippen molar-refractivity contribution in [3.8, 4) is 10.6 Å². The van der Waals surface area contributed by atoms with Gasteiger partial charge in [-0.2, -0.15) is 0 Å². The third-order valence-corrected chi connectivity index (χ3v) is 5.53. The van der Waals surface area contributed by atoms with Crippen LogP contribution in [0.5, 0.6) is 0 Å². The summed E-state index contributed by atoms with van der Waals surface area (Å²) >= 11 is 11.3. The predicted octanol–water partition coefficient (Wildman–Crippen LogP) is 4.82. The molecule has 0 spiro atoms. The van der Waals surface area contributed by atoms with Gasteiger partial charge in [-0.1, -0.05) is 17.7 Å². The Balaban J connectivity index is 1.99. The summed E-state index contributed by atoms with van der Waals surface area (Å²) in [5.74, 6) is 0.684. The molecule has 1 aliphatic rings. The van der Waals surface area contributed by atoms with Crippen molar-refractivity contribution in [3.63, 3.8) is 0 Å². The van der Waals surface area contributed by atoms with Gasteiger partial charge in [0.1, 0.15) is 5.01 Å². The zero-order valence-electron chi connectivity index (χ0n) is 10.5. The molecule has 1 saturated carbocycles. The number of aromatic nitrogens is 1. The summed E-state index contributed by atoms with van der Waals surface area (Å²) in [4.78, 5) is 6.21. The Morgan fingerprint density at radius 2 is 2.26 bits per heavy atom. The molecule has 1 aromatic heterocycles. The van der Waals surface area contributed by atoms with Gasteiger partial charge in [0.15, 0.2) is 0 Å². The molecular formula is C14H14BrClN2S. The second kappa shape index (κ2) is 5.52. The minimum absolute atomic E-state index is 0.684. The standard InChI is InChI=1S/C14H14BrClN2S/c1-17-7-12-13(8-2-3-8)18-14(19-12)9-4-5-11(16)10(15)6-9/h4-6,8,17H,2-3,7H2,1H3. The first-order valence-electron chi connectivity index (χ1n) is 6.28. The Morgan fingerprint density at radius 1 is 1.47 bits per heavy atom. The van der Waals surface area contributed by atoms with Crippen molar-refractivity contribution in [2.24, 2.45) is 0 Å². The van der Waals surface area contributed by atoms with Crippen LogP contribution < -0.4 is 5.32 Å². The van der Waals surface area contributed by atoms with Gasteiger partial charge in [0.25, 0.3) is 0 Å². The molecule has 0 atom stereocenters. The third-order valence-electron chi connectivity index (χ3n) is 3.20. The van der Waals surface area contributed by atoms with Crippen LogP contribution in [0.25, 0.3) is 10.6 Å². The van der Waals surface area contributed by atoms with E-state index in [9.17, 15) is 0 Å². The molecule has 5 heteroatoms. The molecule has 0 bridgehead atoms. The second-order valence-electron chi connectivity index (χ2n) is 4.76. The summed E-state index contributed by atoms with van der Waals surface area (Å²) in [6, 6.07) is 5.99. The molecule has 0 unspecified atom stereocenters. The summed E-state index contributed by atoms with van der Waals surface area (Å²) in [6.45, 7) is 0.901. The molecule has 0 radical (unpaired) electrons. The van der Waals surface area contributed by atoms with Gasteiger partial charge in [-0.15, -0.1) is 11.3 Å². The number of benzene rings is 1. The van der Waals surface area contributed by atoms with Crippen LogP contribution in [-0.4, -0.2) is 12.0 Å². The van der Waals surface area contributed by atoms with Crippen molar-refractivity contribution in [2.75, 3.05) is 7.05 Å². The fourth-order valence-electron chi connectivity index (χ4n) is 2.08. The summed E-state index contributed by atoms with van der Waals surface area (Å²) in [7, 11) is 1.98. The quantitative estimate of drug-likeness (QED) is 0.848. The monoisotopic (exact) mass is 356 g/mol. The molecule has 2 nitrogen and oxygen atoms in total. The average molecular weight is 358 g/mol. The highest BCUT2D eigenvalue weighted by atomic mass is 79.9. The van der Waals surface area contributed by atoms with E-state index in [0.717, 1.165) is 26.6 Å². The number of thiazole rings is 1. The van der Waals surface area contributed by atoms with Crippen molar-refractivity contribution < 1.29 is 0 Å². The number of rotatable bonds is 4. The van der Waals surface area contributed by atoms with Crippen molar-refractivity contribution in [1.29, 1.82) is 0 Å². The molecule has 0 saturated heterocycles. The highest BCUT2D eigenvalue weighted by molar-refractivity contribution is 9.10. The minimum Gasteiger partial charge on any atom is -0.315 e. The van der Waals surface area contributed by atoms with Crippen LogP contribution in [-0.2, 0) is 6.54 Å². The van der Waals surface area contributed by atoms with Crippen LogP contribution in [0.15, 0.2) is 22.7 Å². The Labute approximate surface area is 130 Å². The molecule has 0 amide bonds. The maximum Gasteiger partial charge on any atom is 0.123 e. The molecule has 100 valence electrons. The smallest absolute Gasteiger partial charge is 0.123 e. The molecule has 3 rings (SSSR count). The van der Waals surface area contributed by atoms with E-state index in [2.05, 4.69) is 21.2 Å². The van der Waals surface area contributed by atoms with Gasteiger partial charge in [0, 0.05) is 27.4 Å². The molecule has 0 aliphatic heterocycles. The van der Waals surface area contributed by atoms with E-state index in [1.807, 2.05) is 25.2 Å². The lowest BCUT2D eigenvalue weighted by Crippen LogP contribution is -2.05. The number of nitrogens with one attached hydrogen (secondary N) is 1. The molecule has 1 fully saturated rings. The first-order valence-corrected chi connectivity index (χ1v) is 8.27. The van der Waals surface area contributed by atoms with Gasteiger partial charge in [0.2, 0.25) is 0 Å². The Morgan fingerprint density at radius 3 is 2.89 bits per heavy atom. The van der Waals surface area contributed by atoms with Gasteiger partial charge >= 0.3 is 0 Å². The third kappa shape index (κ3) is 2.87. The highest BCUT2D eigenvalue weighted by Gasteiger charge is 2.29. The van der Waals surface area contributed by atoms with E-state index in [1.54, 1.807) is 11.3 Å². The fraction of sp³-hybridized carbons (Fsp3) is 0.357. The van der Waals surface area contributed by atoms with E-state index in [1.165, 1.54) is 23.4 Å². The number of nitrogens with zero attached hydrogens (tertiary/aromatic N) is 1. The first kappa shape index (κ1) is 13.6. The van der Waals surface area contributed by atoms with Crippen LogP contribution in [0.4, 0.5) is 0 Å². The van der Waals surface area contributed by atoms with Crippen LogP contribution in [0.1, 0.15) is 29.3 Å². The highest BCUT2D eigenvalue weighted by Crippen LogP contribution is 2.44. The lowest BCUT2D eigenvalue weighted by Gasteiger charge is -1.99. The molecule has 19 heavy (non-hydrogen) atoms. The molecule has 1 aliphatic carbocycles. The predicted molar refractivity (Wildman–Crippen MR) is 85.0 cm³/mol. The largest absolute Gasteiger partial charge is 0.315 e. The van der Waals surface area contributed by atoms with E-state index >= 15 is 0 Å². The minimum atomic E-state index is 0.684. The van der Waals surface area contributed by atoms with E-state index < -0.39 is 0 Å². The topological polar surface area (TPSA) is 24.9 Å². The Hall–Kier alpha value is -0.420. The van der Waals surface area contributed by atoms with Gasteiger partial charge in [0.05, 0.1) is 10.7 Å². The van der Waals surface area contributed by atoms with Gasteiger partial charge < -0.3 is 5.32 Å². The van der Waals surface area contributed by atoms with Gasteiger partial charge in [-0.05, 0) is 48.0 Å². The molecular weight excluding hydrogens is 344 g/mol. The van der Waals surface area contributed by atoms with Crippen molar-refractivity contribution >= 4 is 38.9 Å². The average Bonchev–Trinajstić information content (AvgIpc) is 3.15. The molecule has 1 heterocycles. The maximum atomic E-state index is 6.04. The van der Waals surface area contributed by atoms with E-state index in [0.29, 0.717) is 5.92 Å². The van der Waals surface area contributed by atoms with Crippen LogP contribution in [0.3, 0.4) is 0 Å². The molecule has 2 aromatic rings. The Kier molecular flexibility index (Phi) is 3.94. The fourth-order valence-corrected chi connectivity index (χ4v) is 3.73. The SMILES string of the molecule is CNCc1sc(-c2ccc(Cl)c(Br)c2)nc1C1CC1. The van der Waals surface area contributed by atoms with E-state index in [-0.39, 0.29) is 0 Å². The van der Waals surface area contributed by atoms with Crippen LogP contribution in [0, 0.1) is 0 Å².